The van der Waals surface area contributed by atoms with Crippen LogP contribution < -0.4 is 5.32 Å². The molecule has 0 bridgehead atoms. The van der Waals surface area contributed by atoms with E-state index in [1.807, 2.05) is 0 Å². The van der Waals surface area contributed by atoms with Crippen molar-refractivity contribution >= 4 is 43.7 Å². The lowest BCUT2D eigenvalue weighted by Crippen LogP contribution is -2.24. The molecule has 1 amide bonds. The van der Waals surface area contributed by atoms with Gasteiger partial charge in [-0.25, -0.2) is 13.2 Å². The summed E-state index contributed by atoms with van der Waals surface area (Å²) in [6.07, 6.45) is 1.19. The summed E-state index contributed by atoms with van der Waals surface area (Å²) < 4.78 is 28.6. The maximum absolute atomic E-state index is 12.5. The van der Waals surface area contributed by atoms with E-state index in [1.54, 1.807) is 12.3 Å². The van der Waals surface area contributed by atoms with Gasteiger partial charge in [-0.3, -0.25) is 14.9 Å². The molecule has 0 unspecified atom stereocenters. The summed E-state index contributed by atoms with van der Waals surface area (Å²) in [7, 11) is -3.66. The predicted molar refractivity (Wildman–Crippen MR) is 110 cm³/mol. The first kappa shape index (κ1) is 22.2. The number of non-ortho nitro benzene ring substituents is 1. The zero-order valence-corrected chi connectivity index (χ0v) is 17.0. The van der Waals surface area contributed by atoms with Gasteiger partial charge >= 0.3 is 5.97 Å². The average Bonchev–Trinajstić information content (AvgIpc) is 3.04. The number of esters is 1. The largest absolute Gasteiger partial charge is 0.462 e. The minimum Gasteiger partial charge on any atom is -0.462 e. The summed E-state index contributed by atoms with van der Waals surface area (Å²) in [4.78, 5) is 34.9. The number of nitrogens with zero attached hydrogens (tertiary/aromatic N) is 1. The van der Waals surface area contributed by atoms with E-state index in [4.69, 9.17) is 4.74 Å². The van der Waals surface area contributed by atoms with Gasteiger partial charge in [-0.05, 0) is 24.6 Å². The number of hydrogen-bond acceptors (Lipinski definition) is 8. The molecule has 0 aliphatic rings. The second-order valence-corrected chi connectivity index (χ2v) is 8.76. The van der Waals surface area contributed by atoms with Crippen molar-refractivity contribution in [2.75, 3.05) is 23.4 Å². The molecule has 0 radical (unpaired) electrons. The Kier molecular flexibility index (Phi) is 7.23. The van der Waals surface area contributed by atoms with Crippen LogP contribution in [0.1, 0.15) is 17.3 Å². The van der Waals surface area contributed by atoms with Gasteiger partial charge in [-0.1, -0.05) is 6.08 Å². The molecule has 11 heteroatoms. The fraction of sp³-hybridized carbons (Fsp3) is 0.222. The summed E-state index contributed by atoms with van der Waals surface area (Å²) in [5.41, 5.74) is 0.866. The summed E-state index contributed by atoms with van der Waals surface area (Å²) >= 11 is 1.02. The molecule has 0 fully saturated rings. The van der Waals surface area contributed by atoms with E-state index in [2.05, 4.69) is 11.9 Å². The van der Waals surface area contributed by atoms with Gasteiger partial charge in [0.15, 0.2) is 9.84 Å². The Labute approximate surface area is 171 Å². The quantitative estimate of drug-likeness (QED) is 0.275. The number of ether oxygens (including phenoxy) is 1. The first-order valence-corrected chi connectivity index (χ1v) is 11.0. The molecule has 0 atom stereocenters. The molecular weight excluding hydrogens is 420 g/mol. The van der Waals surface area contributed by atoms with Crippen molar-refractivity contribution in [1.29, 1.82) is 0 Å². The number of benzene rings is 1. The zero-order chi connectivity index (χ0) is 21.6. The molecule has 0 aliphatic heterocycles. The van der Waals surface area contributed by atoms with Gasteiger partial charge in [0.25, 0.3) is 5.69 Å². The lowest BCUT2D eigenvalue weighted by Gasteiger charge is -2.09. The molecule has 0 saturated carbocycles. The lowest BCUT2D eigenvalue weighted by atomic mass is 10.0. The SMILES string of the molecule is C=CCS(=O)(=O)CC(=O)Nc1scc(-c2ccc([N+](=O)[O-])cc2)c1C(=O)OCC. The van der Waals surface area contributed by atoms with Gasteiger partial charge < -0.3 is 10.1 Å². The molecule has 1 heterocycles. The standard InChI is InChI=1S/C18H18N2O7S2/c1-3-9-29(25,26)11-15(21)19-17-16(18(22)27-4-2)14(10-28-17)12-5-7-13(8-6-12)20(23)24/h3,5-8,10H,1,4,9,11H2,2H3,(H,19,21). The third-order valence-corrected chi connectivity index (χ3v) is 5.98. The van der Waals surface area contributed by atoms with Gasteiger partial charge in [0.2, 0.25) is 5.91 Å². The third kappa shape index (κ3) is 5.72. The molecule has 1 aromatic heterocycles. The van der Waals surface area contributed by atoms with Crippen LogP contribution in [0.15, 0.2) is 42.3 Å². The normalized spacial score (nSPS) is 10.9. The number of anilines is 1. The molecule has 1 aromatic carbocycles. The summed E-state index contributed by atoms with van der Waals surface area (Å²) in [6, 6.07) is 5.54. The van der Waals surface area contributed by atoms with E-state index < -0.39 is 32.4 Å². The van der Waals surface area contributed by atoms with E-state index in [1.165, 1.54) is 30.3 Å². The molecule has 9 nitrogen and oxygen atoms in total. The van der Waals surface area contributed by atoms with E-state index in [0.717, 1.165) is 11.3 Å². The number of sulfone groups is 1. The summed E-state index contributed by atoms with van der Waals surface area (Å²) in [5.74, 6) is -2.60. The maximum Gasteiger partial charge on any atom is 0.341 e. The molecule has 2 aromatic rings. The molecule has 1 N–H and O–H groups in total. The summed E-state index contributed by atoms with van der Waals surface area (Å²) in [6.45, 7) is 5.05. The Morgan fingerprint density at radius 2 is 1.97 bits per heavy atom. The van der Waals surface area contributed by atoms with Crippen molar-refractivity contribution in [3.63, 3.8) is 0 Å². The molecule has 0 aliphatic carbocycles. The number of hydrogen-bond donors (Lipinski definition) is 1. The molecule has 2 rings (SSSR count). The number of nitro benzene ring substituents is 1. The van der Waals surface area contributed by atoms with Gasteiger partial charge in [0, 0.05) is 23.1 Å². The van der Waals surface area contributed by atoms with Crippen molar-refractivity contribution in [2.45, 2.75) is 6.92 Å². The smallest absolute Gasteiger partial charge is 0.341 e. The number of nitrogens with one attached hydrogen (secondary N) is 1. The minimum atomic E-state index is -3.66. The van der Waals surface area contributed by atoms with Crippen LogP contribution in [0, 0.1) is 10.1 Å². The average molecular weight is 438 g/mol. The lowest BCUT2D eigenvalue weighted by molar-refractivity contribution is -0.384. The van der Waals surface area contributed by atoms with Gasteiger partial charge in [0.1, 0.15) is 16.3 Å². The van der Waals surface area contributed by atoms with Crippen LogP contribution >= 0.6 is 11.3 Å². The highest BCUT2D eigenvalue weighted by Crippen LogP contribution is 2.36. The van der Waals surface area contributed by atoms with Crippen LogP contribution in [0.4, 0.5) is 10.7 Å². The van der Waals surface area contributed by atoms with Crippen LogP contribution in [-0.4, -0.2) is 43.3 Å². The fourth-order valence-electron chi connectivity index (χ4n) is 2.43. The zero-order valence-electron chi connectivity index (χ0n) is 15.4. The molecule has 0 saturated heterocycles. The highest BCUT2D eigenvalue weighted by molar-refractivity contribution is 7.92. The van der Waals surface area contributed by atoms with Crippen LogP contribution in [0.5, 0.6) is 0 Å². The number of nitro groups is 1. The Bertz CT molecular complexity index is 1040. The number of rotatable bonds is 9. The highest BCUT2D eigenvalue weighted by Gasteiger charge is 2.24. The molecule has 154 valence electrons. The van der Waals surface area contributed by atoms with Crippen LogP contribution in [0.2, 0.25) is 0 Å². The first-order valence-electron chi connectivity index (χ1n) is 8.33. The second kappa shape index (κ2) is 9.43. The first-order chi connectivity index (χ1) is 13.7. The number of carbonyl (C=O) groups is 2. The maximum atomic E-state index is 12.5. The minimum absolute atomic E-state index is 0.0557. The second-order valence-electron chi connectivity index (χ2n) is 5.77. The van der Waals surface area contributed by atoms with Gasteiger partial charge in [-0.15, -0.1) is 17.9 Å². The van der Waals surface area contributed by atoms with Crippen molar-refractivity contribution < 1.29 is 27.7 Å². The van der Waals surface area contributed by atoms with Crippen LogP contribution in [-0.2, 0) is 19.4 Å². The Morgan fingerprint density at radius 3 is 2.52 bits per heavy atom. The van der Waals surface area contributed by atoms with Gasteiger partial charge in [0.05, 0.1) is 17.3 Å². The van der Waals surface area contributed by atoms with E-state index in [9.17, 15) is 28.1 Å². The van der Waals surface area contributed by atoms with E-state index >= 15 is 0 Å². The third-order valence-electron chi connectivity index (χ3n) is 3.64. The monoisotopic (exact) mass is 438 g/mol. The molecule has 0 spiro atoms. The van der Waals surface area contributed by atoms with Crippen molar-refractivity contribution in [3.8, 4) is 11.1 Å². The van der Waals surface area contributed by atoms with E-state index in [-0.39, 0.29) is 28.6 Å². The number of thiophene rings is 1. The van der Waals surface area contributed by atoms with Crippen molar-refractivity contribution in [2.24, 2.45) is 0 Å². The number of carbonyl (C=O) groups excluding carboxylic acids is 2. The fourth-order valence-corrected chi connectivity index (χ4v) is 4.35. The Morgan fingerprint density at radius 1 is 1.31 bits per heavy atom. The van der Waals surface area contributed by atoms with Crippen LogP contribution in [0.3, 0.4) is 0 Å². The molecular formula is C18H18N2O7S2. The predicted octanol–water partition coefficient (Wildman–Crippen LogP) is 3.04. The Hall–Kier alpha value is -3.05. The topological polar surface area (TPSA) is 133 Å². The van der Waals surface area contributed by atoms with Gasteiger partial charge in [-0.2, -0.15) is 0 Å². The van der Waals surface area contributed by atoms with Crippen LogP contribution in [0.25, 0.3) is 11.1 Å². The molecule has 29 heavy (non-hydrogen) atoms. The van der Waals surface area contributed by atoms with E-state index in [0.29, 0.717) is 11.1 Å². The summed E-state index contributed by atoms with van der Waals surface area (Å²) in [5, 5.41) is 15.0. The van der Waals surface area contributed by atoms with Crippen molar-refractivity contribution in [1.82, 2.24) is 0 Å². The van der Waals surface area contributed by atoms with Crippen molar-refractivity contribution in [3.05, 3.63) is 58.0 Å². The highest BCUT2D eigenvalue weighted by atomic mass is 32.2. The Balaban J connectivity index is 2.38. The number of amides is 1.